The summed E-state index contributed by atoms with van der Waals surface area (Å²) in [5.74, 6) is 1.27. The molecule has 0 radical (unpaired) electrons. The molecule has 1 aliphatic heterocycles. The topological polar surface area (TPSA) is 33.5 Å². The van der Waals surface area contributed by atoms with Gasteiger partial charge in [0.1, 0.15) is 5.76 Å². The van der Waals surface area contributed by atoms with E-state index in [0.29, 0.717) is 18.9 Å². The molecule has 0 bridgehead atoms. The van der Waals surface area contributed by atoms with E-state index in [4.69, 9.17) is 4.42 Å². The molecule has 2 rings (SSSR count). The van der Waals surface area contributed by atoms with Gasteiger partial charge in [-0.2, -0.15) is 0 Å². The second kappa shape index (κ2) is 8.13. The number of amides is 1. The molecule has 0 atom stereocenters. The van der Waals surface area contributed by atoms with Crippen molar-refractivity contribution in [3.05, 3.63) is 23.7 Å². The van der Waals surface area contributed by atoms with Crippen molar-refractivity contribution in [1.82, 2.24) is 4.90 Å². The summed E-state index contributed by atoms with van der Waals surface area (Å²) in [7, 11) is 0. The molecule has 1 aromatic rings. The summed E-state index contributed by atoms with van der Waals surface area (Å²) in [4.78, 5) is 14.1. The number of hydrogen-bond donors (Lipinski definition) is 0. The molecule has 0 saturated heterocycles. The highest BCUT2D eigenvalue weighted by Gasteiger charge is 2.22. The van der Waals surface area contributed by atoms with E-state index in [1.54, 1.807) is 6.26 Å². The first-order valence-corrected chi connectivity index (χ1v) is 8.14. The van der Waals surface area contributed by atoms with E-state index in [-0.39, 0.29) is 0 Å². The van der Waals surface area contributed by atoms with E-state index in [9.17, 15) is 4.79 Å². The number of fused-ring (bicyclic) bond motifs is 1. The zero-order chi connectivity index (χ0) is 14.2. The lowest BCUT2D eigenvalue weighted by atomic mass is 10.1. The van der Waals surface area contributed by atoms with Crippen molar-refractivity contribution >= 4 is 5.91 Å². The van der Waals surface area contributed by atoms with Gasteiger partial charge >= 0.3 is 0 Å². The second-order valence-corrected chi connectivity index (χ2v) is 5.81. The molecular formula is C17H27NO2. The lowest BCUT2D eigenvalue weighted by molar-refractivity contribution is -0.132. The molecule has 1 aliphatic rings. The number of carbonyl (C=O) groups excluding carboxylic acids is 1. The van der Waals surface area contributed by atoms with E-state index >= 15 is 0 Å². The van der Waals surface area contributed by atoms with Crippen molar-refractivity contribution in [3.8, 4) is 0 Å². The van der Waals surface area contributed by atoms with Gasteiger partial charge in [0, 0.05) is 13.0 Å². The Hall–Kier alpha value is -1.25. The fourth-order valence-electron chi connectivity index (χ4n) is 2.84. The van der Waals surface area contributed by atoms with Gasteiger partial charge in [0.15, 0.2) is 0 Å². The number of rotatable bonds is 8. The smallest absolute Gasteiger partial charge is 0.222 e. The number of unbranched alkanes of at least 4 members (excludes halogenated alkanes) is 6. The number of nitrogens with zero attached hydrogens (tertiary/aromatic N) is 1. The zero-order valence-electron chi connectivity index (χ0n) is 12.7. The average Bonchev–Trinajstić information content (AvgIpc) is 2.93. The summed E-state index contributed by atoms with van der Waals surface area (Å²) in [6.07, 6.45) is 12.2. The van der Waals surface area contributed by atoms with Crippen LogP contribution in [0.1, 0.15) is 69.6 Å². The lowest BCUT2D eigenvalue weighted by Gasteiger charge is -2.26. The van der Waals surface area contributed by atoms with Crippen LogP contribution < -0.4 is 0 Å². The Morgan fingerprint density at radius 1 is 1.20 bits per heavy atom. The van der Waals surface area contributed by atoms with Crippen molar-refractivity contribution < 1.29 is 9.21 Å². The van der Waals surface area contributed by atoms with Crippen molar-refractivity contribution in [3.63, 3.8) is 0 Å². The second-order valence-electron chi connectivity index (χ2n) is 5.81. The first-order valence-electron chi connectivity index (χ1n) is 8.14. The van der Waals surface area contributed by atoms with Crippen LogP contribution in [0.15, 0.2) is 16.7 Å². The van der Waals surface area contributed by atoms with Crippen molar-refractivity contribution in [2.24, 2.45) is 0 Å². The summed E-state index contributed by atoms with van der Waals surface area (Å²) in [5, 5.41) is 0. The molecule has 0 aromatic carbocycles. The Balaban J connectivity index is 1.59. The maximum absolute atomic E-state index is 12.1. The molecule has 1 amide bonds. The normalized spacial score (nSPS) is 14.3. The minimum Gasteiger partial charge on any atom is -0.467 e. The van der Waals surface area contributed by atoms with Crippen molar-refractivity contribution in [2.75, 3.05) is 6.54 Å². The molecule has 1 aromatic heterocycles. The summed E-state index contributed by atoms with van der Waals surface area (Å²) >= 11 is 0. The SMILES string of the molecule is CCCCCCCCCC(=O)N1CCc2ccoc2C1. The summed E-state index contributed by atoms with van der Waals surface area (Å²) in [6.45, 7) is 3.75. The van der Waals surface area contributed by atoms with Gasteiger partial charge in [-0.25, -0.2) is 0 Å². The molecule has 2 heterocycles. The molecule has 0 saturated carbocycles. The highest BCUT2D eigenvalue weighted by atomic mass is 16.3. The van der Waals surface area contributed by atoms with Gasteiger partial charge in [0.2, 0.25) is 5.91 Å². The molecular weight excluding hydrogens is 250 g/mol. The summed E-state index contributed by atoms with van der Waals surface area (Å²) < 4.78 is 5.42. The van der Waals surface area contributed by atoms with Crippen LogP contribution in [0.5, 0.6) is 0 Å². The summed E-state index contributed by atoms with van der Waals surface area (Å²) in [5.41, 5.74) is 1.27. The number of hydrogen-bond acceptors (Lipinski definition) is 2. The summed E-state index contributed by atoms with van der Waals surface area (Å²) in [6, 6.07) is 2.02. The Morgan fingerprint density at radius 2 is 1.95 bits per heavy atom. The van der Waals surface area contributed by atoms with Gasteiger partial charge in [-0.1, -0.05) is 45.4 Å². The minimum atomic E-state index is 0.292. The van der Waals surface area contributed by atoms with Crippen LogP contribution in [0, 0.1) is 0 Å². The molecule has 20 heavy (non-hydrogen) atoms. The molecule has 0 unspecified atom stereocenters. The lowest BCUT2D eigenvalue weighted by Crippen LogP contribution is -2.35. The third-order valence-electron chi connectivity index (χ3n) is 4.17. The van der Waals surface area contributed by atoms with E-state index < -0.39 is 0 Å². The van der Waals surface area contributed by atoms with Gasteiger partial charge in [0.05, 0.1) is 12.8 Å². The maximum Gasteiger partial charge on any atom is 0.222 e. The zero-order valence-corrected chi connectivity index (χ0v) is 12.7. The Morgan fingerprint density at radius 3 is 2.75 bits per heavy atom. The quantitative estimate of drug-likeness (QED) is 0.664. The van der Waals surface area contributed by atoms with E-state index in [1.165, 1.54) is 44.1 Å². The molecule has 3 nitrogen and oxygen atoms in total. The predicted octanol–water partition coefficient (Wildman–Crippen LogP) is 4.31. The third-order valence-corrected chi connectivity index (χ3v) is 4.17. The molecule has 0 N–H and O–H groups in total. The largest absolute Gasteiger partial charge is 0.467 e. The average molecular weight is 277 g/mol. The number of carbonyl (C=O) groups is 1. The first-order chi connectivity index (χ1) is 9.81. The Bertz CT molecular complexity index is 411. The van der Waals surface area contributed by atoms with Gasteiger partial charge in [-0.3, -0.25) is 4.79 Å². The van der Waals surface area contributed by atoms with Crippen LogP contribution in [0.4, 0.5) is 0 Å². The van der Waals surface area contributed by atoms with Crippen LogP contribution in [0.3, 0.4) is 0 Å². The Labute approximate surface area is 122 Å². The van der Waals surface area contributed by atoms with Crippen LogP contribution in [0.25, 0.3) is 0 Å². The Kier molecular flexibility index (Phi) is 6.16. The molecule has 0 spiro atoms. The van der Waals surface area contributed by atoms with Crippen molar-refractivity contribution in [1.29, 1.82) is 0 Å². The van der Waals surface area contributed by atoms with Crippen molar-refractivity contribution in [2.45, 2.75) is 71.3 Å². The standard InChI is InChI=1S/C17H27NO2/c1-2-3-4-5-6-7-8-9-17(19)18-12-10-15-11-13-20-16(15)14-18/h11,13H,2-10,12,14H2,1H3. The maximum atomic E-state index is 12.1. The minimum absolute atomic E-state index is 0.292. The molecule has 0 aliphatic carbocycles. The van der Waals surface area contributed by atoms with Gasteiger partial charge < -0.3 is 9.32 Å². The first kappa shape index (κ1) is 15.1. The fourth-order valence-corrected chi connectivity index (χ4v) is 2.84. The molecule has 112 valence electrons. The molecule has 0 fully saturated rings. The van der Waals surface area contributed by atoms with Gasteiger partial charge in [-0.15, -0.1) is 0 Å². The van der Waals surface area contributed by atoms with Crippen LogP contribution in [-0.4, -0.2) is 17.4 Å². The fraction of sp³-hybridized carbons (Fsp3) is 0.706. The van der Waals surface area contributed by atoms with E-state index in [0.717, 1.165) is 25.1 Å². The highest BCUT2D eigenvalue weighted by Crippen LogP contribution is 2.20. The van der Waals surface area contributed by atoms with E-state index in [2.05, 4.69) is 6.92 Å². The monoisotopic (exact) mass is 277 g/mol. The molecule has 3 heteroatoms. The van der Waals surface area contributed by atoms with Gasteiger partial charge in [-0.05, 0) is 24.5 Å². The van der Waals surface area contributed by atoms with Gasteiger partial charge in [0.25, 0.3) is 0 Å². The number of furan rings is 1. The van der Waals surface area contributed by atoms with E-state index in [1.807, 2.05) is 11.0 Å². The predicted molar refractivity (Wildman–Crippen MR) is 80.4 cm³/mol. The van der Waals surface area contributed by atoms with Crippen LogP contribution in [-0.2, 0) is 17.8 Å². The third kappa shape index (κ3) is 4.39. The van der Waals surface area contributed by atoms with Crippen LogP contribution in [0.2, 0.25) is 0 Å². The van der Waals surface area contributed by atoms with Crippen LogP contribution >= 0.6 is 0 Å². The highest BCUT2D eigenvalue weighted by molar-refractivity contribution is 5.76.